The van der Waals surface area contributed by atoms with Crippen molar-refractivity contribution in [1.82, 2.24) is 5.32 Å². The van der Waals surface area contributed by atoms with E-state index in [-0.39, 0.29) is 10.6 Å². The van der Waals surface area contributed by atoms with Crippen LogP contribution in [0, 0.1) is 17.1 Å². The van der Waals surface area contributed by atoms with Gasteiger partial charge in [0.15, 0.2) is 0 Å². The van der Waals surface area contributed by atoms with E-state index >= 15 is 0 Å². The van der Waals surface area contributed by atoms with Gasteiger partial charge < -0.3 is 0 Å². The molecule has 0 aliphatic rings. The molecule has 1 N–H and O–H groups in total. The molecule has 0 saturated heterocycles. The molecule has 0 radical (unpaired) electrons. The summed E-state index contributed by atoms with van der Waals surface area (Å²) in [5.74, 6) is -0.625. The first-order chi connectivity index (χ1) is 8.18. The number of nitrogens with one attached hydrogen (secondary N) is 1. The van der Waals surface area contributed by atoms with Gasteiger partial charge >= 0.3 is 6.18 Å². The Kier molecular flexibility index (Phi) is 4.20. The van der Waals surface area contributed by atoms with Crippen molar-refractivity contribution in [3.05, 3.63) is 34.6 Å². The van der Waals surface area contributed by atoms with Crippen LogP contribution in [0.2, 0.25) is 5.02 Å². The maximum atomic E-state index is 12.8. The lowest BCUT2D eigenvalue weighted by Gasteiger charge is -2.25. The average Bonchev–Trinajstić information content (AvgIpc) is 2.25. The zero-order valence-electron chi connectivity index (χ0n) is 9.28. The number of hydrogen-bond donors (Lipinski definition) is 1. The molecule has 0 bridgehead atoms. The molecule has 0 spiro atoms. The van der Waals surface area contributed by atoms with Crippen LogP contribution in [0.3, 0.4) is 0 Å². The van der Waals surface area contributed by atoms with Crippen LogP contribution in [0.25, 0.3) is 0 Å². The lowest BCUT2D eigenvalue weighted by Crippen LogP contribution is -2.43. The van der Waals surface area contributed by atoms with Crippen molar-refractivity contribution in [2.45, 2.75) is 18.6 Å². The molecule has 1 rings (SSSR count). The Bertz CT molecular complexity index is 481. The van der Waals surface area contributed by atoms with E-state index in [1.807, 2.05) is 0 Å². The van der Waals surface area contributed by atoms with Gasteiger partial charge in [-0.15, -0.1) is 0 Å². The summed E-state index contributed by atoms with van der Waals surface area (Å²) in [6.45, 7) is -0.0946. The largest absolute Gasteiger partial charge is 0.401 e. The lowest BCUT2D eigenvalue weighted by atomic mass is 9.93. The number of rotatable bonds is 3. The average molecular weight is 281 g/mol. The number of halogens is 5. The molecule has 98 valence electrons. The second-order valence-corrected chi connectivity index (χ2v) is 4.24. The summed E-state index contributed by atoms with van der Waals surface area (Å²) in [6.07, 6.45) is -4.45. The Morgan fingerprint density at radius 3 is 2.44 bits per heavy atom. The van der Waals surface area contributed by atoms with E-state index in [1.54, 1.807) is 6.07 Å². The second-order valence-electron chi connectivity index (χ2n) is 3.83. The van der Waals surface area contributed by atoms with Gasteiger partial charge in [0.2, 0.25) is 0 Å². The highest BCUT2D eigenvalue weighted by Gasteiger charge is 2.35. The maximum Gasteiger partial charge on any atom is 0.401 e. The highest BCUT2D eigenvalue weighted by atomic mass is 35.5. The molecule has 0 amide bonds. The van der Waals surface area contributed by atoms with Gasteiger partial charge in [0.05, 0.1) is 12.6 Å². The fraction of sp³-hybridized carbons (Fsp3) is 0.364. The van der Waals surface area contributed by atoms with Crippen LogP contribution in [0.1, 0.15) is 12.5 Å². The van der Waals surface area contributed by atoms with Crippen molar-refractivity contribution < 1.29 is 17.6 Å². The van der Waals surface area contributed by atoms with E-state index in [0.29, 0.717) is 0 Å². The van der Waals surface area contributed by atoms with Crippen molar-refractivity contribution in [3.63, 3.8) is 0 Å². The molecule has 1 unspecified atom stereocenters. The molecular weight excluding hydrogens is 272 g/mol. The highest BCUT2D eigenvalue weighted by Crippen LogP contribution is 2.29. The normalized spacial score (nSPS) is 14.9. The Labute approximate surface area is 106 Å². The van der Waals surface area contributed by atoms with E-state index in [2.05, 4.69) is 5.32 Å². The van der Waals surface area contributed by atoms with Gasteiger partial charge in [-0.2, -0.15) is 18.4 Å². The summed E-state index contributed by atoms with van der Waals surface area (Å²) in [5.41, 5.74) is -1.54. The summed E-state index contributed by atoms with van der Waals surface area (Å²) in [5, 5.41) is 11.0. The monoisotopic (exact) mass is 280 g/mol. The van der Waals surface area contributed by atoms with Gasteiger partial charge in [0.1, 0.15) is 11.4 Å². The molecule has 0 aromatic heterocycles. The smallest absolute Gasteiger partial charge is 0.287 e. The molecule has 0 saturated carbocycles. The van der Waals surface area contributed by atoms with Gasteiger partial charge in [-0.05, 0) is 19.1 Å². The van der Waals surface area contributed by atoms with Crippen molar-refractivity contribution in [1.29, 1.82) is 5.26 Å². The van der Waals surface area contributed by atoms with Gasteiger partial charge in [0, 0.05) is 10.6 Å². The number of hydrogen-bond acceptors (Lipinski definition) is 2. The minimum atomic E-state index is -4.45. The predicted octanol–water partition coefficient (Wildman–Crippen LogP) is 3.37. The van der Waals surface area contributed by atoms with Crippen LogP contribution >= 0.6 is 11.6 Å². The first-order valence-corrected chi connectivity index (χ1v) is 5.24. The number of nitriles is 1. The van der Waals surface area contributed by atoms with Gasteiger partial charge in [-0.1, -0.05) is 17.7 Å². The van der Waals surface area contributed by atoms with Crippen molar-refractivity contribution in [2.75, 3.05) is 6.54 Å². The minimum Gasteiger partial charge on any atom is -0.287 e. The van der Waals surface area contributed by atoms with Crippen molar-refractivity contribution in [2.24, 2.45) is 0 Å². The number of nitrogens with zero attached hydrogens (tertiary/aromatic N) is 1. The van der Waals surface area contributed by atoms with Gasteiger partial charge in [0.25, 0.3) is 0 Å². The number of alkyl halides is 3. The first kappa shape index (κ1) is 14.7. The molecular formula is C11H9ClF4N2. The summed E-state index contributed by atoms with van der Waals surface area (Å²) in [4.78, 5) is 0. The zero-order valence-corrected chi connectivity index (χ0v) is 10.0. The van der Waals surface area contributed by atoms with Gasteiger partial charge in [-0.25, -0.2) is 4.39 Å². The van der Waals surface area contributed by atoms with Crippen LogP contribution in [0.15, 0.2) is 18.2 Å². The van der Waals surface area contributed by atoms with Crippen LogP contribution in [-0.2, 0) is 5.54 Å². The second kappa shape index (κ2) is 5.12. The maximum absolute atomic E-state index is 12.8. The molecule has 2 nitrogen and oxygen atoms in total. The Balaban J connectivity index is 3.04. The van der Waals surface area contributed by atoms with E-state index in [1.165, 1.54) is 13.0 Å². The van der Waals surface area contributed by atoms with Crippen LogP contribution in [0.4, 0.5) is 17.6 Å². The summed E-state index contributed by atoms with van der Waals surface area (Å²) < 4.78 is 49.3. The van der Waals surface area contributed by atoms with Crippen LogP contribution in [0.5, 0.6) is 0 Å². The van der Waals surface area contributed by atoms with E-state index < -0.39 is 24.1 Å². The van der Waals surface area contributed by atoms with E-state index in [9.17, 15) is 17.6 Å². The highest BCUT2D eigenvalue weighted by molar-refractivity contribution is 6.31. The quantitative estimate of drug-likeness (QED) is 0.862. The Morgan fingerprint density at radius 2 is 2.00 bits per heavy atom. The molecule has 1 atom stereocenters. The molecule has 0 aliphatic heterocycles. The van der Waals surface area contributed by atoms with Crippen LogP contribution < -0.4 is 5.32 Å². The van der Waals surface area contributed by atoms with E-state index in [4.69, 9.17) is 16.9 Å². The summed E-state index contributed by atoms with van der Waals surface area (Å²) >= 11 is 5.73. The standard InChI is InChI=1S/C11H9ClF4N2/c1-10(5-17,18-6-11(14,15)16)8-3-2-7(13)4-9(8)12/h2-4,18H,6H2,1H3. The van der Waals surface area contributed by atoms with Crippen molar-refractivity contribution >= 4 is 11.6 Å². The molecule has 0 heterocycles. The minimum absolute atomic E-state index is 0.0947. The summed E-state index contributed by atoms with van der Waals surface area (Å²) in [7, 11) is 0. The fourth-order valence-electron chi connectivity index (χ4n) is 1.37. The Hall–Kier alpha value is -1.32. The first-order valence-electron chi connectivity index (χ1n) is 4.86. The lowest BCUT2D eigenvalue weighted by molar-refractivity contribution is -0.127. The molecule has 1 aromatic rings. The van der Waals surface area contributed by atoms with E-state index in [0.717, 1.165) is 12.1 Å². The topological polar surface area (TPSA) is 35.8 Å². The summed E-state index contributed by atoms with van der Waals surface area (Å²) in [6, 6.07) is 4.87. The van der Waals surface area contributed by atoms with Crippen LogP contribution in [-0.4, -0.2) is 12.7 Å². The molecule has 0 aliphatic carbocycles. The SMILES string of the molecule is CC(C#N)(NCC(F)(F)F)c1ccc(F)cc1Cl. The third kappa shape index (κ3) is 3.59. The predicted molar refractivity (Wildman–Crippen MR) is 58.4 cm³/mol. The molecule has 1 aromatic carbocycles. The third-order valence-corrected chi connectivity index (χ3v) is 2.65. The van der Waals surface area contributed by atoms with Crippen molar-refractivity contribution in [3.8, 4) is 6.07 Å². The Morgan fingerprint density at radius 1 is 1.39 bits per heavy atom. The number of benzene rings is 1. The molecule has 7 heteroatoms. The fourth-order valence-corrected chi connectivity index (χ4v) is 1.72. The zero-order chi connectivity index (χ0) is 14.0. The third-order valence-electron chi connectivity index (χ3n) is 2.34. The van der Waals surface area contributed by atoms with Gasteiger partial charge in [-0.3, -0.25) is 5.32 Å². The molecule has 18 heavy (non-hydrogen) atoms. The molecule has 0 fully saturated rings.